The summed E-state index contributed by atoms with van der Waals surface area (Å²) in [5.74, 6) is 0.618. The number of amides is 2. The molecule has 0 spiro atoms. The summed E-state index contributed by atoms with van der Waals surface area (Å²) in [5, 5.41) is 10.4. The molecule has 2 amide bonds. The topological polar surface area (TPSA) is 98.5 Å². The lowest BCUT2D eigenvalue weighted by Gasteiger charge is -2.10. The van der Waals surface area contributed by atoms with Crippen LogP contribution < -0.4 is 26.5 Å². The zero-order valence-electron chi connectivity index (χ0n) is 18.8. The van der Waals surface area contributed by atoms with Crippen molar-refractivity contribution in [1.29, 1.82) is 0 Å². The van der Waals surface area contributed by atoms with Crippen molar-refractivity contribution in [2.45, 2.75) is 37.8 Å². The molecule has 0 aliphatic carbocycles. The molecule has 1 aromatic rings. The highest BCUT2D eigenvalue weighted by atomic mass is 16.2. The fraction of sp³-hybridized carbons (Fsp3) is 0.320. The van der Waals surface area contributed by atoms with Gasteiger partial charge in [-0.3, -0.25) is 9.59 Å². The van der Waals surface area contributed by atoms with Gasteiger partial charge in [-0.25, -0.2) is 4.99 Å². The first-order valence-corrected chi connectivity index (χ1v) is 11.0. The van der Waals surface area contributed by atoms with Crippen molar-refractivity contribution in [1.82, 2.24) is 20.9 Å². The van der Waals surface area contributed by atoms with Gasteiger partial charge in [-0.1, -0.05) is 19.7 Å². The molecule has 3 heterocycles. The van der Waals surface area contributed by atoms with Crippen molar-refractivity contribution in [3.63, 3.8) is 0 Å². The van der Waals surface area contributed by atoms with E-state index in [9.17, 15) is 9.59 Å². The number of pyridine rings is 1. The van der Waals surface area contributed by atoms with Crippen molar-refractivity contribution in [2.24, 2.45) is 4.99 Å². The number of carbonyl (C=O) groups excluding carboxylic acids is 2. The second kappa shape index (κ2) is 11.4. The minimum atomic E-state index is -0.198. The van der Waals surface area contributed by atoms with E-state index in [0.29, 0.717) is 22.3 Å². The Morgan fingerprint density at radius 3 is 2.55 bits per heavy atom. The third-order valence-corrected chi connectivity index (χ3v) is 5.57. The van der Waals surface area contributed by atoms with Crippen LogP contribution >= 0.6 is 0 Å². The lowest BCUT2D eigenvalue weighted by atomic mass is 10.1. The van der Waals surface area contributed by atoms with E-state index in [2.05, 4.69) is 52.2 Å². The number of hydrogen-bond donors (Lipinski definition) is 3. The monoisotopic (exact) mass is 447 g/mol. The summed E-state index contributed by atoms with van der Waals surface area (Å²) in [5.41, 5.74) is 1.17. The van der Waals surface area contributed by atoms with Crippen LogP contribution in [0.3, 0.4) is 0 Å². The summed E-state index contributed by atoms with van der Waals surface area (Å²) < 4.78 is 1.48. The molecule has 172 valence electrons. The van der Waals surface area contributed by atoms with Crippen LogP contribution in [-0.2, 0) is 9.59 Å². The number of aliphatic imine (C=N–C) groups is 1. The number of rotatable bonds is 9. The molecule has 2 saturated heterocycles. The van der Waals surface area contributed by atoms with Crippen molar-refractivity contribution in [3.8, 4) is 0 Å². The molecule has 2 unspecified atom stereocenters. The van der Waals surface area contributed by atoms with Crippen molar-refractivity contribution in [3.05, 3.63) is 59.4 Å². The van der Waals surface area contributed by atoms with Crippen LogP contribution in [0.4, 0.5) is 5.82 Å². The molecular weight excluding hydrogens is 416 g/mol. The van der Waals surface area contributed by atoms with Crippen LogP contribution in [0.1, 0.15) is 25.7 Å². The molecule has 8 heteroatoms. The Labute approximate surface area is 193 Å². The molecule has 33 heavy (non-hydrogen) atoms. The van der Waals surface area contributed by atoms with E-state index in [1.165, 1.54) is 10.8 Å². The van der Waals surface area contributed by atoms with Crippen LogP contribution in [0, 0.1) is 0 Å². The number of nitrogens with one attached hydrogen (secondary N) is 3. The molecule has 3 N–H and O–H groups in total. The van der Waals surface area contributed by atoms with Gasteiger partial charge >= 0.3 is 12.2 Å². The van der Waals surface area contributed by atoms with Crippen LogP contribution in [0.5, 0.6) is 0 Å². The van der Waals surface area contributed by atoms with E-state index >= 15 is 0 Å². The first-order chi connectivity index (χ1) is 15.9. The summed E-state index contributed by atoms with van der Waals surface area (Å²) in [4.78, 5) is 32.3. The fourth-order valence-corrected chi connectivity index (χ4v) is 3.66. The molecule has 3 rings (SSSR count). The van der Waals surface area contributed by atoms with Gasteiger partial charge in [0.1, 0.15) is 5.82 Å². The van der Waals surface area contributed by atoms with E-state index in [1.54, 1.807) is 12.1 Å². The summed E-state index contributed by atoms with van der Waals surface area (Å²) in [6, 6.07) is 3.56. The largest absolute Gasteiger partial charge is 0.330 e. The summed E-state index contributed by atoms with van der Waals surface area (Å²) >= 11 is 0. The van der Waals surface area contributed by atoms with Crippen molar-refractivity contribution >= 4 is 43.2 Å². The Morgan fingerprint density at radius 1 is 1.15 bits per heavy atom. The molecule has 1 aromatic heterocycles. The highest BCUT2D eigenvalue weighted by molar-refractivity contribution is 5.89. The Bertz CT molecular complexity index is 1120. The summed E-state index contributed by atoms with van der Waals surface area (Å²) in [6.45, 7) is 17.6. The smallest absolute Gasteiger partial charge is 0.310 e. The molecule has 0 saturated carbocycles. The Kier molecular flexibility index (Phi) is 8.34. The Hall–Kier alpha value is -3.49. The average molecular weight is 448 g/mol. The molecule has 2 aliphatic heterocycles. The minimum Gasteiger partial charge on any atom is -0.310 e. The number of carbonyl (C=O) groups is 2. The molecule has 2 aliphatic rings. The molecule has 0 aromatic carbocycles. The predicted octanol–water partition coefficient (Wildman–Crippen LogP) is 0.418. The predicted molar refractivity (Wildman–Crippen MR) is 132 cm³/mol. The van der Waals surface area contributed by atoms with E-state index in [1.807, 2.05) is 12.3 Å². The van der Waals surface area contributed by atoms with Gasteiger partial charge in [-0.05, 0) is 73.6 Å². The highest BCUT2D eigenvalue weighted by Crippen LogP contribution is 2.08. The maximum Gasteiger partial charge on any atom is 0.330 e. The van der Waals surface area contributed by atoms with Crippen molar-refractivity contribution in [2.75, 3.05) is 13.1 Å². The van der Waals surface area contributed by atoms with Crippen LogP contribution in [0.15, 0.2) is 53.8 Å². The molecular formula is C25H31N6O2+. The Morgan fingerprint density at radius 2 is 1.91 bits per heavy atom. The van der Waals surface area contributed by atoms with Crippen LogP contribution in [-0.4, -0.2) is 59.5 Å². The normalized spacial score (nSPS) is 21.3. The maximum atomic E-state index is 12.1. The van der Waals surface area contributed by atoms with E-state index in [-0.39, 0.29) is 23.8 Å². The van der Waals surface area contributed by atoms with E-state index in [4.69, 9.17) is 0 Å². The van der Waals surface area contributed by atoms with Crippen LogP contribution in [0.25, 0.3) is 12.7 Å². The lowest BCUT2D eigenvalue weighted by molar-refractivity contribution is -0.349. The lowest BCUT2D eigenvalue weighted by Crippen LogP contribution is -2.39. The SMILES string of the molecule is C=C(N=CC(=C)C(=C)C=c1ccc([N+](C=O)=CC2CCCN2)nc1=C)NC(=O)C1CCCN1. The second-order valence-corrected chi connectivity index (χ2v) is 8.11. The van der Waals surface area contributed by atoms with Gasteiger partial charge in [0.05, 0.1) is 18.3 Å². The van der Waals surface area contributed by atoms with Crippen molar-refractivity contribution < 1.29 is 14.2 Å². The third kappa shape index (κ3) is 6.74. The second-order valence-electron chi connectivity index (χ2n) is 8.11. The van der Waals surface area contributed by atoms with Gasteiger partial charge in [-0.15, -0.1) is 0 Å². The third-order valence-electron chi connectivity index (χ3n) is 5.57. The van der Waals surface area contributed by atoms with Gasteiger partial charge < -0.3 is 16.0 Å². The maximum absolute atomic E-state index is 12.1. The molecule has 2 atom stereocenters. The zero-order valence-corrected chi connectivity index (χ0v) is 18.8. The van der Waals surface area contributed by atoms with Gasteiger partial charge in [0, 0.05) is 17.5 Å². The first-order valence-electron chi connectivity index (χ1n) is 11.0. The number of allylic oxidation sites excluding steroid dienone is 2. The minimum absolute atomic E-state index is 0.135. The van der Waals surface area contributed by atoms with Gasteiger partial charge in [-0.2, -0.15) is 4.58 Å². The quantitative estimate of drug-likeness (QED) is 0.221. The van der Waals surface area contributed by atoms with E-state index in [0.717, 1.165) is 50.4 Å². The molecule has 0 radical (unpaired) electrons. The average Bonchev–Trinajstić information content (AvgIpc) is 3.51. The Balaban J connectivity index is 1.64. The van der Waals surface area contributed by atoms with Gasteiger partial charge in [0.25, 0.3) is 0 Å². The fourth-order valence-electron chi connectivity index (χ4n) is 3.66. The molecule has 0 bridgehead atoms. The first kappa shape index (κ1) is 24.2. The van der Waals surface area contributed by atoms with Crippen LogP contribution in [0.2, 0.25) is 0 Å². The molecule has 8 nitrogen and oxygen atoms in total. The number of aromatic nitrogens is 1. The standard InChI is InChI=1S/C25H30N6O2/c1-17(18(2)14-28-20(4)30-25(33)23-8-6-12-27-23)13-21-9-10-24(29-19(21)3)31(16-32)15-22-7-5-11-26-22/h9-10,13-16,22-23,26-27H,1-8,11-12H2/p+1. The highest BCUT2D eigenvalue weighted by Gasteiger charge is 2.22. The summed E-state index contributed by atoms with van der Waals surface area (Å²) in [7, 11) is 0. The van der Waals surface area contributed by atoms with Gasteiger partial charge in [0.2, 0.25) is 5.91 Å². The van der Waals surface area contributed by atoms with E-state index < -0.39 is 0 Å². The zero-order chi connectivity index (χ0) is 23.8. The number of nitrogens with zero attached hydrogens (tertiary/aromatic N) is 3. The molecule has 2 fully saturated rings. The van der Waals surface area contributed by atoms with Gasteiger partial charge in [0.15, 0.2) is 5.35 Å². The summed E-state index contributed by atoms with van der Waals surface area (Å²) in [6.07, 6.45) is 9.76. The number of hydrogen-bond acceptors (Lipinski definition) is 6.